The Morgan fingerprint density at radius 2 is 2.17 bits per heavy atom. The van der Waals surface area contributed by atoms with Crippen LogP contribution in [0.1, 0.15) is 30.3 Å². The molecule has 0 spiro atoms. The maximum absolute atomic E-state index is 13.9. The van der Waals surface area contributed by atoms with Gasteiger partial charge >= 0.3 is 5.97 Å². The van der Waals surface area contributed by atoms with Gasteiger partial charge in [0, 0.05) is 11.9 Å². The second-order valence-corrected chi connectivity index (χ2v) is 5.86. The van der Waals surface area contributed by atoms with Crippen LogP contribution in [-0.2, 0) is 4.79 Å². The zero-order valence-electron chi connectivity index (χ0n) is 12.9. The van der Waals surface area contributed by atoms with Gasteiger partial charge in [-0.25, -0.2) is 9.18 Å². The van der Waals surface area contributed by atoms with Gasteiger partial charge in [0.1, 0.15) is 22.8 Å². The van der Waals surface area contributed by atoms with E-state index in [1.165, 1.54) is 37.1 Å². The van der Waals surface area contributed by atoms with Gasteiger partial charge in [-0.1, -0.05) is 0 Å². The second-order valence-electron chi connectivity index (χ2n) is 5.86. The van der Waals surface area contributed by atoms with Crippen LogP contribution in [-0.4, -0.2) is 46.1 Å². The molecule has 1 amide bonds. The highest BCUT2D eigenvalue weighted by Crippen LogP contribution is 2.33. The Labute approximate surface area is 131 Å². The van der Waals surface area contributed by atoms with Crippen LogP contribution in [0, 0.1) is 5.82 Å². The first-order valence-electron chi connectivity index (χ1n) is 7.29. The molecule has 3 rings (SSSR count). The highest BCUT2D eigenvalue weighted by Gasteiger charge is 2.46. The van der Waals surface area contributed by atoms with Gasteiger partial charge < -0.3 is 19.7 Å². The quantitative estimate of drug-likeness (QED) is 0.910. The minimum Gasteiger partial charge on any atom is -0.496 e. The lowest BCUT2D eigenvalue weighted by Gasteiger charge is -2.30. The molecular formula is C16H17FN2O4. The van der Waals surface area contributed by atoms with Crippen LogP contribution in [0.2, 0.25) is 0 Å². The number of carboxylic acid groups (broad SMARTS) is 1. The molecule has 1 aromatic heterocycles. The lowest BCUT2D eigenvalue weighted by Crippen LogP contribution is -2.50. The summed E-state index contributed by atoms with van der Waals surface area (Å²) >= 11 is 0. The normalized spacial score (nSPS) is 20.9. The average molecular weight is 320 g/mol. The molecule has 23 heavy (non-hydrogen) atoms. The number of ether oxygens (including phenoxy) is 1. The van der Waals surface area contributed by atoms with Gasteiger partial charge in [0.25, 0.3) is 5.91 Å². The van der Waals surface area contributed by atoms with Crippen LogP contribution >= 0.6 is 0 Å². The zero-order chi connectivity index (χ0) is 16.8. The average Bonchev–Trinajstić information content (AvgIpc) is 3.12. The zero-order valence-corrected chi connectivity index (χ0v) is 12.9. The molecule has 1 aliphatic rings. The summed E-state index contributed by atoms with van der Waals surface area (Å²) in [7, 11) is 1.46. The predicted molar refractivity (Wildman–Crippen MR) is 81.1 cm³/mol. The van der Waals surface area contributed by atoms with E-state index in [0.29, 0.717) is 30.5 Å². The number of methoxy groups -OCH3 is 1. The predicted octanol–water partition coefficient (Wildman–Crippen LogP) is 2.39. The number of nitrogens with one attached hydrogen (secondary N) is 1. The minimum absolute atomic E-state index is 0.151. The monoisotopic (exact) mass is 320 g/mol. The SMILES string of the molecule is COc1ccc(F)c2[nH]c(C(=O)N3CCCC3(C)C(=O)O)cc12. The van der Waals surface area contributed by atoms with Crippen LogP contribution in [0.15, 0.2) is 18.2 Å². The number of benzene rings is 1. The van der Waals surface area contributed by atoms with Crippen molar-refractivity contribution in [2.45, 2.75) is 25.3 Å². The van der Waals surface area contributed by atoms with E-state index in [1.807, 2.05) is 0 Å². The number of aromatic amines is 1. The van der Waals surface area contributed by atoms with E-state index in [-0.39, 0.29) is 11.2 Å². The summed E-state index contributed by atoms with van der Waals surface area (Å²) in [4.78, 5) is 28.3. The smallest absolute Gasteiger partial charge is 0.329 e. The van der Waals surface area contributed by atoms with E-state index < -0.39 is 23.2 Å². The lowest BCUT2D eigenvalue weighted by molar-refractivity contribution is -0.147. The van der Waals surface area contributed by atoms with Gasteiger partial charge in [-0.3, -0.25) is 4.79 Å². The Morgan fingerprint density at radius 3 is 2.83 bits per heavy atom. The summed E-state index contributed by atoms with van der Waals surface area (Å²) in [6.07, 6.45) is 1.01. The summed E-state index contributed by atoms with van der Waals surface area (Å²) in [6, 6.07) is 4.24. The third-order valence-corrected chi connectivity index (χ3v) is 4.50. The van der Waals surface area contributed by atoms with Gasteiger partial charge in [-0.15, -0.1) is 0 Å². The summed E-state index contributed by atoms with van der Waals surface area (Å²) < 4.78 is 19.1. The topological polar surface area (TPSA) is 82.6 Å². The van der Waals surface area contributed by atoms with E-state index in [1.54, 1.807) is 0 Å². The molecule has 2 heterocycles. The van der Waals surface area contributed by atoms with E-state index in [2.05, 4.69) is 4.98 Å². The largest absolute Gasteiger partial charge is 0.496 e. The van der Waals surface area contributed by atoms with Crippen molar-refractivity contribution in [3.63, 3.8) is 0 Å². The van der Waals surface area contributed by atoms with Gasteiger partial charge in [0.05, 0.1) is 12.6 Å². The molecule has 0 aliphatic carbocycles. The number of fused-ring (bicyclic) bond motifs is 1. The number of aromatic nitrogens is 1. The number of halogens is 1. The van der Waals surface area contributed by atoms with Crippen LogP contribution in [0.25, 0.3) is 10.9 Å². The van der Waals surface area contributed by atoms with E-state index in [0.717, 1.165) is 0 Å². The molecule has 0 bridgehead atoms. The van der Waals surface area contributed by atoms with Crippen LogP contribution in [0.5, 0.6) is 5.75 Å². The number of hydrogen-bond donors (Lipinski definition) is 2. The molecule has 1 saturated heterocycles. The molecular weight excluding hydrogens is 303 g/mol. The highest BCUT2D eigenvalue weighted by atomic mass is 19.1. The van der Waals surface area contributed by atoms with E-state index in [9.17, 15) is 19.1 Å². The Morgan fingerprint density at radius 1 is 1.43 bits per heavy atom. The van der Waals surface area contributed by atoms with Gasteiger partial charge in [-0.05, 0) is 38.0 Å². The fourth-order valence-electron chi connectivity index (χ4n) is 3.11. The summed E-state index contributed by atoms with van der Waals surface area (Å²) in [5, 5.41) is 9.87. The van der Waals surface area contributed by atoms with Crippen LogP contribution in [0.4, 0.5) is 4.39 Å². The number of rotatable bonds is 3. The van der Waals surface area contributed by atoms with Crippen LogP contribution in [0.3, 0.4) is 0 Å². The first kappa shape index (κ1) is 15.3. The molecule has 0 radical (unpaired) electrons. The molecule has 0 saturated carbocycles. The molecule has 1 fully saturated rings. The first-order valence-corrected chi connectivity index (χ1v) is 7.29. The third kappa shape index (κ3) is 2.23. The van der Waals surface area contributed by atoms with Crippen molar-refractivity contribution in [2.75, 3.05) is 13.7 Å². The second kappa shape index (κ2) is 5.26. The fraction of sp³-hybridized carbons (Fsp3) is 0.375. The Balaban J connectivity index is 2.05. The van der Waals surface area contributed by atoms with Crippen LogP contribution < -0.4 is 4.74 Å². The van der Waals surface area contributed by atoms with Crippen molar-refractivity contribution in [3.8, 4) is 5.75 Å². The molecule has 1 aliphatic heterocycles. The van der Waals surface area contributed by atoms with Gasteiger partial charge in [0.15, 0.2) is 0 Å². The molecule has 1 unspecified atom stereocenters. The lowest BCUT2D eigenvalue weighted by atomic mass is 9.99. The third-order valence-electron chi connectivity index (χ3n) is 4.50. The van der Waals surface area contributed by atoms with E-state index >= 15 is 0 Å². The molecule has 7 heteroatoms. The van der Waals surface area contributed by atoms with Crippen molar-refractivity contribution in [1.82, 2.24) is 9.88 Å². The van der Waals surface area contributed by atoms with Gasteiger partial charge in [-0.2, -0.15) is 0 Å². The standard InChI is InChI=1S/C16H17FN2O4/c1-16(15(21)22)6-3-7-19(16)14(20)11-8-9-12(23-2)5-4-10(17)13(9)18-11/h4-5,8,18H,3,6-7H2,1-2H3,(H,21,22). The Kier molecular flexibility index (Phi) is 3.50. The molecule has 6 nitrogen and oxygen atoms in total. The number of carbonyl (C=O) groups excluding carboxylic acids is 1. The van der Waals surface area contributed by atoms with Crippen molar-refractivity contribution in [2.24, 2.45) is 0 Å². The highest BCUT2D eigenvalue weighted by molar-refractivity contribution is 6.02. The number of amides is 1. The fourth-order valence-corrected chi connectivity index (χ4v) is 3.11. The minimum atomic E-state index is -1.24. The molecule has 2 N–H and O–H groups in total. The molecule has 1 atom stereocenters. The number of aliphatic carboxylic acids is 1. The van der Waals surface area contributed by atoms with Crippen molar-refractivity contribution >= 4 is 22.8 Å². The van der Waals surface area contributed by atoms with Gasteiger partial charge in [0.2, 0.25) is 0 Å². The number of H-pyrrole nitrogens is 1. The maximum atomic E-state index is 13.9. The number of likely N-dealkylation sites (tertiary alicyclic amines) is 1. The maximum Gasteiger partial charge on any atom is 0.329 e. The Hall–Kier alpha value is -2.57. The van der Waals surface area contributed by atoms with Crippen molar-refractivity contribution < 1.29 is 23.8 Å². The summed E-state index contributed by atoms with van der Waals surface area (Å²) in [5.41, 5.74) is -0.918. The van der Waals surface area contributed by atoms with Crippen molar-refractivity contribution in [1.29, 1.82) is 0 Å². The molecule has 1 aromatic carbocycles. The molecule has 2 aromatic rings. The summed E-state index contributed by atoms with van der Waals surface area (Å²) in [5.74, 6) is -1.55. The Bertz CT molecular complexity index is 801. The van der Waals surface area contributed by atoms with E-state index in [4.69, 9.17) is 4.74 Å². The number of carbonyl (C=O) groups is 2. The van der Waals surface area contributed by atoms with Crippen molar-refractivity contribution in [3.05, 3.63) is 29.7 Å². The number of carboxylic acids is 1. The summed E-state index contributed by atoms with van der Waals surface area (Å²) in [6.45, 7) is 1.89. The first-order chi connectivity index (χ1) is 10.9. The number of nitrogens with zero attached hydrogens (tertiary/aromatic N) is 1. The number of hydrogen-bond acceptors (Lipinski definition) is 3. The molecule has 122 valence electrons.